The topological polar surface area (TPSA) is 85.7 Å². The van der Waals surface area contributed by atoms with Crippen molar-refractivity contribution >= 4 is 28.4 Å². The number of carbonyl (C=O) groups excluding carboxylic acids is 1. The molecule has 1 saturated heterocycles. The van der Waals surface area contributed by atoms with E-state index < -0.39 is 5.91 Å². The number of aromatic nitrogens is 2. The number of nitrogens with one attached hydrogen (secondary N) is 1. The minimum Gasteiger partial charge on any atom is -0.474 e. The molecule has 0 spiro atoms. The van der Waals surface area contributed by atoms with Gasteiger partial charge in [-0.05, 0) is 23.8 Å². The van der Waals surface area contributed by atoms with Gasteiger partial charge >= 0.3 is 0 Å². The van der Waals surface area contributed by atoms with Gasteiger partial charge in [0.05, 0.1) is 30.8 Å². The van der Waals surface area contributed by atoms with E-state index in [-0.39, 0.29) is 11.0 Å². The van der Waals surface area contributed by atoms with Crippen LogP contribution in [0.1, 0.15) is 21.6 Å². The van der Waals surface area contributed by atoms with Crippen LogP contribution in [0.2, 0.25) is 5.02 Å². The number of ether oxygens (including phenoxy) is 2. The highest BCUT2D eigenvalue weighted by Gasteiger charge is 2.23. The Morgan fingerprint density at radius 3 is 2.69 bits per heavy atom. The number of nitrogens with zero attached hydrogens (tertiary/aromatic N) is 3. The Labute approximate surface area is 189 Å². The summed E-state index contributed by atoms with van der Waals surface area (Å²) in [6, 6.07) is 9.00. The molecule has 0 unspecified atom stereocenters. The molecule has 3 aromatic rings. The number of hydrogen-bond donors (Lipinski definition) is 1. The molecule has 9 heteroatoms. The van der Waals surface area contributed by atoms with E-state index in [1.165, 1.54) is 0 Å². The molecule has 32 heavy (non-hydrogen) atoms. The molecule has 0 atom stereocenters. The van der Waals surface area contributed by atoms with Gasteiger partial charge in [-0.3, -0.25) is 14.5 Å². The zero-order chi connectivity index (χ0) is 22.1. The molecule has 4 heterocycles. The third-order valence-electron chi connectivity index (χ3n) is 5.75. The van der Waals surface area contributed by atoms with Crippen LogP contribution in [-0.4, -0.2) is 53.3 Å². The molecule has 2 aromatic heterocycles. The Morgan fingerprint density at radius 1 is 1.12 bits per heavy atom. The van der Waals surface area contributed by atoms with Crippen LogP contribution in [0.3, 0.4) is 0 Å². The van der Waals surface area contributed by atoms with Gasteiger partial charge in [-0.2, -0.15) is 0 Å². The average Bonchev–Trinajstić information content (AvgIpc) is 2.81. The van der Waals surface area contributed by atoms with Crippen molar-refractivity contribution in [2.45, 2.75) is 19.6 Å². The third kappa shape index (κ3) is 4.21. The van der Waals surface area contributed by atoms with E-state index >= 15 is 0 Å². The Bertz CT molecular complexity index is 1220. The van der Waals surface area contributed by atoms with Crippen molar-refractivity contribution in [1.29, 1.82) is 0 Å². The smallest absolute Gasteiger partial charge is 0.257 e. The van der Waals surface area contributed by atoms with Gasteiger partial charge in [0.15, 0.2) is 0 Å². The summed E-state index contributed by atoms with van der Waals surface area (Å²) in [7, 11) is 0. The first-order valence-corrected chi connectivity index (χ1v) is 11.0. The fourth-order valence-electron chi connectivity index (χ4n) is 4.07. The van der Waals surface area contributed by atoms with Crippen molar-refractivity contribution in [3.63, 3.8) is 0 Å². The molecular weight excluding hydrogens is 432 g/mol. The summed E-state index contributed by atoms with van der Waals surface area (Å²) in [5.41, 5.74) is 2.09. The Hall–Kier alpha value is -2.94. The lowest BCUT2D eigenvalue weighted by atomic mass is 10.1. The maximum absolute atomic E-state index is 13.3. The van der Waals surface area contributed by atoms with Crippen LogP contribution in [0.4, 0.5) is 0 Å². The predicted molar refractivity (Wildman–Crippen MR) is 120 cm³/mol. The molecule has 1 N–H and O–H groups in total. The summed E-state index contributed by atoms with van der Waals surface area (Å²) >= 11 is 5.92. The van der Waals surface area contributed by atoms with E-state index in [1.807, 2.05) is 16.7 Å². The molecule has 8 nitrogen and oxygen atoms in total. The molecule has 1 amide bonds. The number of pyridine rings is 2. The Kier molecular flexibility index (Phi) is 5.82. The van der Waals surface area contributed by atoms with Gasteiger partial charge < -0.3 is 19.4 Å². The van der Waals surface area contributed by atoms with Gasteiger partial charge in [0.2, 0.25) is 11.3 Å². The van der Waals surface area contributed by atoms with E-state index in [0.717, 1.165) is 24.3 Å². The first-order chi connectivity index (χ1) is 15.6. The first kappa shape index (κ1) is 20.9. The van der Waals surface area contributed by atoms with Crippen molar-refractivity contribution in [1.82, 2.24) is 19.8 Å². The molecule has 5 rings (SSSR count). The first-order valence-electron chi connectivity index (χ1n) is 10.6. The van der Waals surface area contributed by atoms with Crippen molar-refractivity contribution in [3.05, 3.63) is 68.6 Å². The largest absolute Gasteiger partial charge is 0.474 e. The minimum atomic E-state index is -0.407. The van der Waals surface area contributed by atoms with Crippen LogP contribution in [0, 0.1) is 0 Å². The third-order valence-corrected chi connectivity index (χ3v) is 6.00. The number of halogens is 1. The summed E-state index contributed by atoms with van der Waals surface area (Å²) in [5, 5.41) is 3.93. The molecule has 2 aliphatic rings. The molecule has 1 aromatic carbocycles. The molecule has 166 valence electrons. The fraction of sp³-hybridized carbons (Fsp3) is 0.348. The predicted octanol–water partition coefficient (Wildman–Crippen LogP) is 2.20. The van der Waals surface area contributed by atoms with E-state index in [2.05, 4.69) is 15.2 Å². The molecule has 0 saturated carbocycles. The van der Waals surface area contributed by atoms with E-state index in [4.69, 9.17) is 21.1 Å². The molecule has 1 fully saturated rings. The molecule has 2 aliphatic heterocycles. The summed E-state index contributed by atoms with van der Waals surface area (Å²) < 4.78 is 13.1. The highest BCUT2D eigenvalue weighted by atomic mass is 35.5. The van der Waals surface area contributed by atoms with E-state index in [1.54, 1.807) is 24.4 Å². The lowest BCUT2D eigenvalue weighted by Crippen LogP contribution is -2.36. The normalized spacial score (nSPS) is 16.0. The van der Waals surface area contributed by atoms with Crippen molar-refractivity contribution in [2.75, 3.05) is 32.9 Å². The Morgan fingerprint density at radius 2 is 1.91 bits per heavy atom. The van der Waals surface area contributed by atoms with E-state index in [9.17, 15) is 9.59 Å². The maximum Gasteiger partial charge on any atom is 0.257 e. The lowest BCUT2D eigenvalue weighted by Gasteiger charge is -2.27. The van der Waals surface area contributed by atoms with Crippen LogP contribution < -0.4 is 15.5 Å². The highest BCUT2D eigenvalue weighted by molar-refractivity contribution is 6.30. The van der Waals surface area contributed by atoms with Crippen LogP contribution in [0.5, 0.6) is 5.88 Å². The zero-order valence-corrected chi connectivity index (χ0v) is 18.2. The number of morpholine rings is 1. The van der Waals surface area contributed by atoms with Gasteiger partial charge in [0.1, 0.15) is 17.7 Å². The summed E-state index contributed by atoms with van der Waals surface area (Å²) in [6.07, 6.45) is 1.61. The second-order valence-electron chi connectivity index (χ2n) is 7.93. The summed E-state index contributed by atoms with van der Waals surface area (Å²) in [6.45, 7) is 4.88. The Balaban J connectivity index is 1.47. The van der Waals surface area contributed by atoms with Crippen LogP contribution in [0.25, 0.3) is 10.9 Å². The van der Waals surface area contributed by atoms with Crippen molar-refractivity contribution in [3.8, 4) is 5.88 Å². The molecule has 0 bridgehead atoms. The summed E-state index contributed by atoms with van der Waals surface area (Å²) in [5.74, 6) is 0.0393. The van der Waals surface area contributed by atoms with Crippen LogP contribution in [0.15, 0.2) is 41.3 Å². The van der Waals surface area contributed by atoms with Crippen LogP contribution >= 0.6 is 11.6 Å². The molecule has 0 aliphatic carbocycles. The average molecular weight is 455 g/mol. The monoisotopic (exact) mass is 454 g/mol. The number of hydrogen-bond acceptors (Lipinski definition) is 6. The quantitative estimate of drug-likeness (QED) is 0.636. The van der Waals surface area contributed by atoms with Gasteiger partial charge in [-0.1, -0.05) is 23.7 Å². The van der Waals surface area contributed by atoms with Crippen LogP contribution in [-0.2, 0) is 24.4 Å². The SMILES string of the molecule is O=C(NCc1ccc(Cl)cc1)c1cn2c3c(nc(CN4CCOCC4)cc3c1=O)OCC2. The number of benzene rings is 1. The second-order valence-corrected chi connectivity index (χ2v) is 8.36. The zero-order valence-electron chi connectivity index (χ0n) is 17.5. The standard InChI is InChI=1S/C23H23ClN4O4/c24-16-3-1-15(2-4-16)12-25-22(30)19-14-28-7-10-32-23-20(28)18(21(19)29)11-17(26-23)13-27-5-8-31-9-6-27/h1-4,11,14H,5-10,12-13H2,(H,25,30). The van der Waals surface area contributed by atoms with Gasteiger partial charge in [0.25, 0.3) is 5.91 Å². The highest BCUT2D eigenvalue weighted by Crippen LogP contribution is 2.27. The number of amides is 1. The molecule has 0 radical (unpaired) electrons. The van der Waals surface area contributed by atoms with Gasteiger partial charge in [-0.15, -0.1) is 0 Å². The number of carbonyl (C=O) groups is 1. The van der Waals surface area contributed by atoms with Gasteiger partial charge in [0, 0.05) is 37.4 Å². The van der Waals surface area contributed by atoms with E-state index in [0.29, 0.717) is 61.3 Å². The lowest BCUT2D eigenvalue weighted by molar-refractivity contribution is 0.0336. The summed E-state index contributed by atoms with van der Waals surface area (Å²) in [4.78, 5) is 33.1. The molecular formula is C23H23ClN4O4. The van der Waals surface area contributed by atoms with Crippen molar-refractivity contribution in [2.24, 2.45) is 0 Å². The second kappa shape index (κ2) is 8.90. The van der Waals surface area contributed by atoms with Crippen molar-refractivity contribution < 1.29 is 14.3 Å². The minimum absolute atomic E-state index is 0.114. The fourth-order valence-corrected chi connectivity index (χ4v) is 4.20. The maximum atomic E-state index is 13.3. The van der Waals surface area contributed by atoms with Gasteiger partial charge in [-0.25, -0.2) is 4.98 Å². The number of rotatable bonds is 5.